The minimum absolute atomic E-state index is 0.0386. The number of carbonyl (C=O) groups excluding carboxylic acids is 2. The van der Waals surface area contributed by atoms with Crippen molar-refractivity contribution in [1.82, 2.24) is 14.8 Å². The van der Waals surface area contributed by atoms with Gasteiger partial charge in [0.1, 0.15) is 6.54 Å². The van der Waals surface area contributed by atoms with Gasteiger partial charge in [-0.3, -0.25) is 4.79 Å². The summed E-state index contributed by atoms with van der Waals surface area (Å²) in [5.41, 5.74) is 0.534. The van der Waals surface area contributed by atoms with Gasteiger partial charge in [0.15, 0.2) is 18.1 Å². The lowest BCUT2D eigenvalue weighted by Gasteiger charge is -2.15. The predicted molar refractivity (Wildman–Crippen MR) is 98.1 cm³/mol. The maximum Gasteiger partial charge on any atom is 0.406 e. The van der Waals surface area contributed by atoms with Crippen LogP contribution in [0.15, 0.2) is 18.2 Å². The summed E-state index contributed by atoms with van der Waals surface area (Å²) in [6, 6.07) is 4.51. The summed E-state index contributed by atoms with van der Waals surface area (Å²) in [7, 11) is 0. The second kappa shape index (κ2) is 8.22. The number of hydrogen-bond acceptors (Lipinski definition) is 6. The van der Waals surface area contributed by atoms with Crippen molar-refractivity contribution >= 4 is 17.6 Å². The van der Waals surface area contributed by atoms with Gasteiger partial charge in [0, 0.05) is 30.0 Å². The van der Waals surface area contributed by atoms with Gasteiger partial charge in [0.2, 0.25) is 5.78 Å². The SMILES string of the molecule is Cc1cc(C(=O)COC(=O)c2ccc(N3CCCC3)nn2)c(C)n1CC(F)(F)F. The van der Waals surface area contributed by atoms with Crippen LogP contribution in [0.4, 0.5) is 19.0 Å². The lowest BCUT2D eigenvalue weighted by Crippen LogP contribution is -2.21. The van der Waals surface area contributed by atoms with Gasteiger partial charge in [0.05, 0.1) is 0 Å². The first-order chi connectivity index (χ1) is 13.7. The van der Waals surface area contributed by atoms with Crippen LogP contribution in [-0.2, 0) is 11.3 Å². The Balaban J connectivity index is 1.61. The highest BCUT2D eigenvalue weighted by Gasteiger charge is 2.30. The van der Waals surface area contributed by atoms with E-state index in [9.17, 15) is 22.8 Å². The molecule has 0 spiro atoms. The van der Waals surface area contributed by atoms with Crippen molar-refractivity contribution in [2.24, 2.45) is 0 Å². The fourth-order valence-electron chi connectivity index (χ4n) is 3.34. The third kappa shape index (κ3) is 4.93. The summed E-state index contributed by atoms with van der Waals surface area (Å²) in [5, 5.41) is 7.85. The van der Waals surface area contributed by atoms with E-state index in [4.69, 9.17) is 4.74 Å². The summed E-state index contributed by atoms with van der Waals surface area (Å²) >= 11 is 0. The Kier molecular flexibility index (Phi) is 5.90. The van der Waals surface area contributed by atoms with E-state index in [2.05, 4.69) is 15.1 Å². The molecule has 0 aliphatic carbocycles. The quantitative estimate of drug-likeness (QED) is 0.538. The Morgan fingerprint density at radius 2 is 1.83 bits per heavy atom. The molecule has 2 aromatic heterocycles. The number of halogens is 3. The molecule has 0 aromatic carbocycles. The summed E-state index contributed by atoms with van der Waals surface area (Å²) in [6.45, 7) is 2.91. The smallest absolute Gasteiger partial charge is 0.406 e. The maximum absolute atomic E-state index is 12.7. The van der Waals surface area contributed by atoms with Crippen molar-refractivity contribution in [1.29, 1.82) is 0 Å². The molecule has 1 aliphatic heterocycles. The molecule has 3 heterocycles. The highest BCUT2D eigenvalue weighted by molar-refractivity contribution is 6.00. The number of anilines is 1. The van der Waals surface area contributed by atoms with Crippen molar-refractivity contribution in [2.45, 2.75) is 39.4 Å². The second-order valence-corrected chi connectivity index (χ2v) is 6.96. The van der Waals surface area contributed by atoms with Gasteiger partial charge in [-0.15, -0.1) is 10.2 Å². The molecule has 0 atom stereocenters. The van der Waals surface area contributed by atoms with Crippen LogP contribution in [-0.4, -0.2) is 52.4 Å². The zero-order chi connectivity index (χ0) is 21.2. The van der Waals surface area contributed by atoms with Crippen LogP contribution in [0.1, 0.15) is 45.1 Å². The number of hydrogen-bond donors (Lipinski definition) is 0. The molecule has 1 fully saturated rings. The van der Waals surface area contributed by atoms with E-state index in [0.717, 1.165) is 30.5 Å². The third-order valence-electron chi connectivity index (χ3n) is 4.84. The molecule has 10 heteroatoms. The van der Waals surface area contributed by atoms with Gasteiger partial charge in [-0.2, -0.15) is 13.2 Å². The molecule has 0 saturated carbocycles. The van der Waals surface area contributed by atoms with Crippen molar-refractivity contribution in [3.05, 3.63) is 40.8 Å². The van der Waals surface area contributed by atoms with E-state index >= 15 is 0 Å². The molecule has 0 bridgehead atoms. The maximum atomic E-state index is 12.7. The third-order valence-corrected chi connectivity index (χ3v) is 4.84. The normalized spacial score (nSPS) is 14.3. The van der Waals surface area contributed by atoms with E-state index in [-0.39, 0.29) is 17.0 Å². The van der Waals surface area contributed by atoms with Crippen molar-refractivity contribution in [3.63, 3.8) is 0 Å². The average Bonchev–Trinajstić information content (AvgIpc) is 3.29. The van der Waals surface area contributed by atoms with Gasteiger partial charge in [-0.05, 0) is 44.9 Å². The molecule has 2 aromatic rings. The van der Waals surface area contributed by atoms with E-state index in [1.54, 1.807) is 6.07 Å². The largest absolute Gasteiger partial charge is 0.453 e. The number of ether oxygens (including phenoxy) is 1. The van der Waals surface area contributed by atoms with E-state index in [1.807, 2.05) is 0 Å². The highest BCUT2D eigenvalue weighted by atomic mass is 19.4. The van der Waals surface area contributed by atoms with Gasteiger partial charge in [-0.25, -0.2) is 4.79 Å². The average molecular weight is 410 g/mol. The standard InChI is InChI=1S/C19H21F3N4O3/c1-12-9-14(13(2)26(12)11-19(20,21)22)16(27)10-29-18(28)15-5-6-17(24-23-15)25-7-3-4-8-25/h5-6,9H,3-4,7-8,10-11H2,1-2H3. The van der Waals surface area contributed by atoms with Crippen LogP contribution >= 0.6 is 0 Å². The Morgan fingerprint density at radius 1 is 1.14 bits per heavy atom. The summed E-state index contributed by atoms with van der Waals surface area (Å²) in [4.78, 5) is 26.5. The molecule has 3 rings (SSSR count). The minimum atomic E-state index is -4.40. The molecule has 0 amide bonds. The number of esters is 1. The molecule has 156 valence electrons. The van der Waals surface area contributed by atoms with Crippen molar-refractivity contribution in [2.75, 3.05) is 24.6 Å². The summed E-state index contributed by atoms with van der Waals surface area (Å²) in [5.74, 6) is -0.725. The molecule has 0 radical (unpaired) electrons. The number of ketones is 1. The first-order valence-electron chi connectivity index (χ1n) is 9.18. The lowest BCUT2D eigenvalue weighted by molar-refractivity contribution is -0.141. The second-order valence-electron chi connectivity index (χ2n) is 6.96. The number of carbonyl (C=O) groups is 2. The molecule has 0 unspecified atom stereocenters. The van der Waals surface area contributed by atoms with Crippen molar-refractivity contribution < 1.29 is 27.5 Å². The zero-order valence-corrected chi connectivity index (χ0v) is 16.1. The fraction of sp³-hybridized carbons (Fsp3) is 0.474. The van der Waals surface area contributed by atoms with Crippen LogP contribution < -0.4 is 4.90 Å². The van der Waals surface area contributed by atoms with Crippen LogP contribution in [0.5, 0.6) is 0 Å². The number of rotatable bonds is 6. The van der Waals surface area contributed by atoms with Crippen molar-refractivity contribution in [3.8, 4) is 0 Å². The summed E-state index contributed by atoms with van der Waals surface area (Å²) in [6.07, 6.45) is -2.24. The Labute approximate surface area is 165 Å². The van der Waals surface area contributed by atoms with Crippen LogP contribution in [0.2, 0.25) is 0 Å². The topological polar surface area (TPSA) is 77.3 Å². The van der Waals surface area contributed by atoms with Gasteiger partial charge >= 0.3 is 12.1 Å². The predicted octanol–water partition coefficient (Wildman–Crippen LogP) is 3.10. The molecular formula is C19H21F3N4O3. The molecule has 7 nitrogen and oxygen atoms in total. The summed E-state index contributed by atoms with van der Waals surface area (Å²) < 4.78 is 44.1. The molecule has 1 aliphatic rings. The first-order valence-corrected chi connectivity index (χ1v) is 9.18. The highest BCUT2D eigenvalue weighted by Crippen LogP contribution is 2.23. The van der Waals surface area contributed by atoms with Gasteiger partial charge < -0.3 is 14.2 Å². The minimum Gasteiger partial charge on any atom is -0.453 e. The Bertz CT molecular complexity index is 901. The molecule has 0 N–H and O–H groups in total. The Morgan fingerprint density at radius 3 is 2.41 bits per heavy atom. The van der Waals surface area contributed by atoms with Crippen LogP contribution in [0.25, 0.3) is 0 Å². The number of aryl methyl sites for hydroxylation is 1. The van der Waals surface area contributed by atoms with Crippen LogP contribution in [0.3, 0.4) is 0 Å². The van der Waals surface area contributed by atoms with E-state index < -0.39 is 31.1 Å². The van der Waals surface area contributed by atoms with E-state index in [0.29, 0.717) is 11.5 Å². The molecule has 29 heavy (non-hydrogen) atoms. The van der Waals surface area contributed by atoms with Crippen LogP contribution in [0, 0.1) is 13.8 Å². The monoisotopic (exact) mass is 410 g/mol. The molecular weight excluding hydrogens is 389 g/mol. The number of Topliss-reactive ketones (excluding diaryl/α,β-unsaturated/α-hetero) is 1. The van der Waals surface area contributed by atoms with E-state index in [1.165, 1.54) is 26.0 Å². The first kappa shape index (κ1) is 20.8. The Hall–Kier alpha value is -2.91. The fourth-order valence-corrected chi connectivity index (χ4v) is 3.34. The lowest BCUT2D eigenvalue weighted by atomic mass is 10.1. The number of alkyl halides is 3. The van der Waals surface area contributed by atoms with Gasteiger partial charge in [0.25, 0.3) is 0 Å². The molecule has 1 saturated heterocycles. The number of nitrogens with zero attached hydrogens (tertiary/aromatic N) is 4. The zero-order valence-electron chi connectivity index (χ0n) is 16.1. The van der Waals surface area contributed by atoms with Gasteiger partial charge in [-0.1, -0.05) is 0 Å². The number of aromatic nitrogens is 3.